The third-order valence-corrected chi connectivity index (χ3v) is 7.62. The topological polar surface area (TPSA) is 0 Å². The van der Waals surface area contributed by atoms with Gasteiger partial charge in [-0.2, -0.15) is 0 Å². The molecule has 1 aliphatic rings. The molecule has 0 aliphatic heterocycles. The van der Waals surface area contributed by atoms with Crippen LogP contribution < -0.4 is 0 Å². The summed E-state index contributed by atoms with van der Waals surface area (Å²) in [7, 11) is 0. The highest BCUT2D eigenvalue weighted by atomic mass is 79.9. The molecule has 0 radical (unpaired) electrons. The molecule has 0 N–H and O–H groups in total. The lowest BCUT2D eigenvalue weighted by Crippen LogP contribution is -2.38. The fourth-order valence-electron chi connectivity index (χ4n) is 2.61. The zero-order valence-electron chi connectivity index (χ0n) is 11.6. The van der Waals surface area contributed by atoms with E-state index in [-0.39, 0.29) is 10.8 Å². The first-order valence-electron chi connectivity index (χ1n) is 6.62. The lowest BCUT2D eigenvalue weighted by molar-refractivity contribution is 0.614. The molecule has 0 saturated heterocycles. The summed E-state index contributed by atoms with van der Waals surface area (Å²) in [6.07, 6.45) is 6.41. The van der Waals surface area contributed by atoms with Crippen molar-refractivity contribution in [2.45, 2.75) is 21.5 Å². The van der Waals surface area contributed by atoms with E-state index in [1.54, 1.807) is 0 Å². The van der Waals surface area contributed by atoms with Crippen LogP contribution in [0.25, 0.3) is 0 Å². The summed E-state index contributed by atoms with van der Waals surface area (Å²) in [6.45, 7) is 0. The first-order chi connectivity index (χ1) is 10.5. The molecule has 2 rings (SSSR count). The fourth-order valence-corrected chi connectivity index (χ4v) is 5.93. The molecule has 0 heterocycles. The highest BCUT2D eigenvalue weighted by molar-refractivity contribution is 9.09. The van der Waals surface area contributed by atoms with Gasteiger partial charge in [0.25, 0.3) is 0 Å². The van der Waals surface area contributed by atoms with Crippen molar-refractivity contribution in [1.82, 2.24) is 0 Å². The van der Waals surface area contributed by atoms with Gasteiger partial charge in [0.05, 0.1) is 5.38 Å². The number of rotatable bonds is 5. The van der Waals surface area contributed by atoms with E-state index >= 15 is 0 Å². The molecule has 0 fully saturated rings. The van der Waals surface area contributed by atoms with Gasteiger partial charge in [0.15, 0.2) is 0 Å². The maximum Gasteiger partial charge on any atom is 0.0662 e. The van der Waals surface area contributed by atoms with Gasteiger partial charge in [-0.3, -0.25) is 0 Å². The second-order valence-corrected chi connectivity index (χ2v) is 8.22. The van der Waals surface area contributed by atoms with Crippen LogP contribution in [0.15, 0.2) is 35.9 Å². The van der Waals surface area contributed by atoms with Gasteiger partial charge in [-0.15, -0.1) is 11.6 Å². The maximum atomic E-state index is 6.78. The maximum absolute atomic E-state index is 6.78. The molecule has 120 valence electrons. The number of alkyl halides is 5. The van der Waals surface area contributed by atoms with E-state index in [9.17, 15) is 0 Å². The summed E-state index contributed by atoms with van der Waals surface area (Å²) < 4.78 is 0. The van der Waals surface area contributed by atoms with Crippen LogP contribution in [-0.2, 0) is 16.1 Å². The van der Waals surface area contributed by atoms with E-state index in [4.69, 9.17) is 23.2 Å². The molecule has 6 heteroatoms. The van der Waals surface area contributed by atoms with Crippen molar-refractivity contribution >= 4 is 86.9 Å². The Balaban J connectivity index is 2.67. The first kappa shape index (κ1) is 19.5. The Morgan fingerprint density at radius 3 is 2.14 bits per heavy atom. The van der Waals surface area contributed by atoms with Crippen LogP contribution in [0.5, 0.6) is 0 Å². The molecule has 2 atom stereocenters. The SMILES string of the molecule is Clc1c(CBr)ccc(CBr)c1C1(CBr)C=CC(CBr)=CC1Cl. The molecule has 0 aromatic heterocycles. The van der Waals surface area contributed by atoms with Gasteiger partial charge in [0, 0.05) is 31.8 Å². The molecule has 0 bridgehead atoms. The van der Waals surface area contributed by atoms with E-state index in [0.29, 0.717) is 5.33 Å². The first-order valence-corrected chi connectivity index (χ1v) is 11.9. The van der Waals surface area contributed by atoms with Crippen molar-refractivity contribution in [2.75, 3.05) is 10.7 Å². The largest absolute Gasteiger partial charge is 0.117 e. The molecule has 0 saturated carbocycles. The normalized spacial score (nSPS) is 24.5. The zero-order chi connectivity index (χ0) is 16.3. The fraction of sp³-hybridized carbons (Fsp3) is 0.375. The average Bonchev–Trinajstić information content (AvgIpc) is 2.55. The van der Waals surface area contributed by atoms with E-state index in [2.05, 4.69) is 94.1 Å². The third kappa shape index (κ3) is 3.57. The lowest BCUT2D eigenvalue weighted by Gasteiger charge is -2.38. The summed E-state index contributed by atoms with van der Waals surface area (Å²) in [6, 6.07) is 4.19. The summed E-state index contributed by atoms with van der Waals surface area (Å²) in [4.78, 5) is 0. The molecule has 1 aliphatic carbocycles. The van der Waals surface area contributed by atoms with Crippen LogP contribution in [0.3, 0.4) is 0 Å². The second kappa shape index (κ2) is 8.53. The van der Waals surface area contributed by atoms with Crippen LogP contribution in [0.4, 0.5) is 0 Å². The summed E-state index contributed by atoms with van der Waals surface area (Å²) >= 11 is 27.8. The third-order valence-electron chi connectivity index (χ3n) is 3.88. The Kier molecular flexibility index (Phi) is 7.57. The molecule has 22 heavy (non-hydrogen) atoms. The van der Waals surface area contributed by atoms with Gasteiger partial charge < -0.3 is 0 Å². The monoisotopic (exact) mass is 592 g/mol. The van der Waals surface area contributed by atoms with E-state index in [1.807, 2.05) is 0 Å². The molecule has 1 aromatic carbocycles. The highest BCUT2D eigenvalue weighted by Crippen LogP contribution is 2.45. The van der Waals surface area contributed by atoms with Crippen molar-refractivity contribution < 1.29 is 0 Å². The standard InChI is InChI=1S/C16H14Br4Cl2/c17-6-10-3-4-16(9-20,13(21)5-10)14-11(7-18)1-2-12(8-19)15(14)22/h1-5,13H,6-9H2. The van der Waals surface area contributed by atoms with Crippen LogP contribution in [0, 0.1) is 0 Å². The molecule has 0 spiro atoms. The van der Waals surface area contributed by atoms with Crippen molar-refractivity contribution in [2.24, 2.45) is 0 Å². The number of hydrogen-bond acceptors (Lipinski definition) is 0. The van der Waals surface area contributed by atoms with E-state index < -0.39 is 0 Å². The van der Waals surface area contributed by atoms with Gasteiger partial charge in [-0.05, 0) is 22.3 Å². The van der Waals surface area contributed by atoms with Crippen LogP contribution >= 0.6 is 86.9 Å². The Labute approximate surface area is 175 Å². The van der Waals surface area contributed by atoms with Gasteiger partial charge >= 0.3 is 0 Å². The predicted molar refractivity (Wildman–Crippen MR) is 113 cm³/mol. The van der Waals surface area contributed by atoms with Crippen molar-refractivity contribution in [1.29, 1.82) is 0 Å². The smallest absolute Gasteiger partial charge is 0.0662 e. The van der Waals surface area contributed by atoms with Crippen molar-refractivity contribution in [3.05, 3.63) is 57.6 Å². The second-order valence-electron chi connectivity index (χ2n) is 5.12. The summed E-state index contributed by atoms with van der Waals surface area (Å²) in [5.74, 6) is 0. The summed E-state index contributed by atoms with van der Waals surface area (Å²) in [5, 5.41) is 3.60. The minimum absolute atomic E-state index is 0.162. The molecular weight excluding hydrogens is 583 g/mol. The number of hydrogen-bond donors (Lipinski definition) is 0. The number of allylic oxidation sites excluding steroid dienone is 4. The number of halogens is 6. The zero-order valence-corrected chi connectivity index (χ0v) is 19.4. The molecule has 2 unspecified atom stereocenters. The van der Waals surface area contributed by atoms with Gasteiger partial charge in [0.2, 0.25) is 0 Å². The highest BCUT2D eigenvalue weighted by Gasteiger charge is 2.40. The van der Waals surface area contributed by atoms with Gasteiger partial charge in [-0.1, -0.05) is 106 Å². The molecular formula is C16H14Br4Cl2. The lowest BCUT2D eigenvalue weighted by atomic mass is 9.73. The minimum Gasteiger partial charge on any atom is -0.117 e. The van der Waals surface area contributed by atoms with Crippen LogP contribution in [-0.4, -0.2) is 16.0 Å². The molecule has 0 amide bonds. The van der Waals surface area contributed by atoms with Gasteiger partial charge in [-0.25, -0.2) is 0 Å². The Morgan fingerprint density at radius 1 is 1.00 bits per heavy atom. The molecule has 0 nitrogen and oxygen atoms in total. The van der Waals surface area contributed by atoms with E-state index in [0.717, 1.165) is 32.1 Å². The molecule has 1 aromatic rings. The number of benzene rings is 1. The van der Waals surface area contributed by atoms with Crippen molar-refractivity contribution in [3.63, 3.8) is 0 Å². The Bertz CT molecular complexity index is 612. The average molecular weight is 597 g/mol. The van der Waals surface area contributed by atoms with Crippen molar-refractivity contribution in [3.8, 4) is 0 Å². The van der Waals surface area contributed by atoms with Crippen LogP contribution in [0.2, 0.25) is 5.02 Å². The van der Waals surface area contributed by atoms with Crippen LogP contribution in [0.1, 0.15) is 16.7 Å². The van der Waals surface area contributed by atoms with Gasteiger partial charge in [0.1, 0.15) is 0 Å². The quantitative estimate of drug-likeness (QED) is 0.314. The Hall–Kier alpha value is 1.20. The van der Waals surface area contributed by atoms with E-state index in [1.165, 1.54) is 11.1 Å². The predicted octanol–water partition coefficient (Wildman–Crippen LogP) is 7.26. The minimum atomic E-state index is -0.356. The Morgan fingerprint density at radius 2 is 1.64 bits per heavy atom. The summed E-state index contributed by atoms with van der Waals surface area (Å²) in [5.41, 5.74) is 4.17.